The topological polar surface area (TPSA) is 97.1 Å². The molecule has 6 nitrogen and oxygen atoms in total. The number of aromatic nitrogens is 1. The van der Waals surface area contributed by atoms with Gasteiger partial charge in [-0.15, -0.1) is 0 Å². The molecule has 0 fully saturated rings. The van der Waals surface area contributed by atoms with Crippen LogP contribution in [0, 0.1) is 0 Å². The Kier molecular flexibility index (Phi) is 4.51. The van der Waals surface area contributed by atoms with Crippen molar-refractivity contribution in [1.82, 2.24) is 10.3 Å². The van der Waals surface area contributed by atoms with Crippen LogP contribution in [-0.2, 0) is 0 Å². The van der Waals surface area contributed by atoms with Gasteiger partial charge >= 0.3 is 6.03 Å². The van der Waals surface area contributed by atoms with Crippen LogP contribution in [-0.4, -0.2) is 31.3 Å². The molecule has 3 amide bonds. The second-order valence-corrected chi connectivity index (χ2v) is 3.63. The van der Waals surface area contributed by atoms with Gasteiger partial charge in [0.25, 0.3) is 0 Å². The maximum Gasteiger partial charge on any atom is 0.320 e. The minimum absolute atomic E-state index is 0.304. The number of hydrogen-bond acceptors (Lipinski definition) is 3. The summed E-state index contributed by atoms with van der Waals surface area (Å²) in [5, 5.41) is 5.17. The Morgan fingerprint density at radius 3 is 2.82 bits per heavy atom. The quantitative estimate of drug-likeness (QED) is 0.581. The van der Waals surface area contributed by atoms with Gasteiger partial charge in [-0.05, 0) is 12.5 Å². The SMILES string of the molecule is Bc1cnc(NC(=O)NCCC)cc1C(N)=O. The molecule has 1 heterocycles. The molecule has 1 aromatic rings. The molecule has 0 radical (unpaired) electrons. The molecule has 0 spiro atoms. The number of nitrogens with two attached hydrogens (primary N) is 1. The molecule has 7 heteroatoms. The van der Waals surface area contributed by atoms with Crippen molar-refractivity contribution in [3.63, 3.8) is 0 Å². The number of hydrogen-bond donors (Lipinski definition) is 3. The van der Waals surface area contributed by atoms with E-state index in [2.05, 4.69) is 15.6 Å². The molecule has 0 aliphatic rings. The van der Waals surface area contributed by atoms with Crippen molar-refractivity contribution in [2.75, 3.05) is 11.9 Å². The van der Waals surface area contributed by atoms with Crippen molar-refractivity contribution in [3.05, 3.63) is 17.8 Å². The Morgan fingerprint density at radius 1 is 1.53 bits per heavy atom. The lowest BCUT2D eigenvalue weighted by Gasteiger charge is -2.08. The number of urea groups is 1. The smallest absolute Gasteiger partial charge is 0.320 e. The lowest BCUT2D eigenvalue weighted by molar-refractivity contribution is 0.100. The normalized spacial score (nSPS) is 9.71. The first kappa shape index (κ1) is 13.0. The highest BCUT2D eigenvalue weighted by molar-refractivity contribution is 6.36. The van der Waals surface area contributed by atoms with Crippen LogP contribution < -0.4 is 21.8 Å². The van der Waals surface area contributed by atoms with Crippen LogP contribution in [0.15, 0.2) is 12.3 Å². The maximum atomic E-state index is 11.4. The summed E-state index contributed by atoms with van der Waals surface area (Å²) in [6, 6.07) is 1.11. The molecule has 1 aromatic heterocycles. The number of rotatable bonds is 4. The molecule has 17 heavy (non-hydrogen) atoms. The number of nitrogens with one attached hydrogen (secondary N) is 2. The molecular weight excluding hydrogens is 219 g/mol. The largest absolute Gasteiger partial charge is 0.366 e. The van der Waals surface area contributed by atoms with Gasteiger partial charge in [0.05, 0.1) is 0 Å². The second-order valence-electron chi connectivity index (χ2n) is 3.63. The highest BCUT2D eigenvalue weighted by atomic mass is 16.2. The van der Waals surface area contributed by atoms with Crippen molar-refractivity contribution in [1.29, 1.82) is 0 Å². The zero-order valence-corrected chi connectivity index (χ0v) is 9.91. The molecule has 4 N–H and O–H groups in total. The van der Waals surface area contributed by atoms with Gasteiger partial charge in [-0.3, -0.25) is 10.1 Å². The highest BCUT2D eigenvalue weighted by Crippen LogP contribution is 2.03. The molecule has 0 aromatic carbocycles. The molecule has 0 unspecified atom stereocenters. The summed E-state index contributed by atoms with van der Waals surface area (Å²) in [5.41, 5.74) is 6.23. The summed E-state index contributed by atoms with van der Waals surface area (Å²) in [7, 11) is 1.73. The number of carbonyl (C=O) groups is 2. The Bertz CT molecular complexity index is 436. The third-order valence-corrected chi connectivity index (χ3v) is 2.15. The van der Waals surface area contributed by atoms with Crippen molar-refractivity contribution < 1.29 is 9.59 Å². The van der Waals surface area contributed by atoms with Gasteiger partial charge in [0, 0.05) is 18.3 Å². The van der Waals surface area contributed by atoms with E-state index < -0.39 is 5.91 Å². The van der Waals surface area contributed by atoms with Gasteiger partial charge < -0.3 is 11.1 Å². The zero-order valence-electron chi connectivity index (χ0n) is 9.91. The van der Waals surface area contributed by atoms with Gasteiger partial charge in [-0.25, -0.2) is 9.78 Å². The first-order valence-electron chi connectivity index (χ1n) is 5.36. The molecule has 0 aliphatic carbocycles. The molecule has 90 valence electrons. The summed E-state index contributed by atoms with van der Waals surface area (Å²) < 4.78 is 0. The Hall–Kier alpha value is -2.05. The molecule has 0 aliphatic heterocycles. The van der Waals surface area contributed by atoms with Crippen LogP contribution in [0.3, 0.4) is 0 Å². The van der Waals surface area contributed by atoms with Crippen molar-refractivity contribution in [3.8, 4) is 0 Å². The highest BCUT2D eigenvalue weighted by Gasteiger charge is 2.08. The van der Waals surface area contributed by atoms with Crippen molar-refractivity contribution in [2.45, 2.75) is 13.3 Å². The van der Waals surface area contributed by atoms with E-state index >= 15 is 0 Å². The molecule has 1 rings (SSSR count). The summed E-state index contributed by atoms with van der Waals surface area (Å²) in [6.45, 7) is 2.54. The molecule has 0 bridgehead atoms. The standard InChI is InChI=1S/C10H15BN4O2/c1-2-3-13-10(17)15-8-4-6(9(12)16)7(11)5-14-8/h4-5H,2-3,11H2,1H3,(H2,12,16)(H2,13,14,15,17). The minimum atomic E-state index is -0.540. The number of anilines is 1. The predicted octanol–water partition coefficient (Wildman–Crippen LogP) is -1.03. The van der Waals surface area contributed by atoms with Crippen molar-refractivity contribution >= 4 is 31.1 Å². The summed E-state index contributed by atoms with van der Waals surface area (Å²) >= 11 is 0. The summed E-state index contributed by atoms with van der Waals surface area (Å²) in [4.78, 5) is 26.4. The van der Waals surface area contributed by atoms with Crippen molar-refractivity contribution in [2.24, 2.45) is 5.73 Å². The van der Waals surface area contributed by atoms with Crippen LogP contribution in [0.1, 0.15) is 23.7 Å². The number of primary amides is 1. The van der Waals surface area contributed by atoms with Gasteiger partial charge in [0.1, 0.15) is 13.7 Å². The van der Waals surface area contributed by atoms with Crippen LogP contribution in [0.5, 0.6) is 0 Å². The molecule has 0 saturated carbocycles. The fourth-order valence-electron chi connectivity index (χ4n) is 1.26. The number of carbonyl (C=O) groups excluding carboxylic acids is 2. The fourth-order valence-corrected chi connectivity index (χ4v) is 1.26. The average molecular weight is 234 g/mol. The first-order chi connectivity index (χ1) is 8.04. The van der Waals surface area contributed by atoms with Gasteiger partial charge in [-0.1, -0.05) is 12.4 Å². The predicted molar refractivity (Wildman–Crippen MR) is 68.2 cm³/mol. The number of amides is 3. The summed E-state index contributed by atoms with van der Waals surface area (Å²) in [6.07, 6.45) is 2.34. The van der Waals surface area contributed by atoms with Gasteiger partial charge in [-0.2, -0.15) is 0 Å². The molecule has 0 atom stereocenters. The first-order valence-corrected chi connectivity index (χ1v) is 5.36. The van der Waals surface area contributed by atoms with Crippen LogP contribution in [0.2, 0.25) is 0 Å². The van der Waals surface area contributed by atoms with E-state index in [9.17, 15) is 9.59 Å². The third kappa shape index (κ3) is 3.79. The Labute approximate surface area is 100 Å². The maximum absolute atomic E-state index is 11.4. The van der Waals surface area contributed by atoms with E-state index in [1.54, 1.807) is 7.85 Å². The van der Waals surface area contributed by atoms with Crippen LogP contribution in [0.25, 0.3) is 0 Å². The van der Waals surface area contributed by atoms with E-state index in [4.69, 9.17) is 5.73 Å². The third-order valence-electron chi connectivity index (χ3n) is 2.15. The number of pyridine rings is 1. The number of nitrogens with zero attached hydrogens (tertiary/aromatic N) is 1. The van der Waals surface area contributed by atoms with E-state index in [-0.39, 0.29) is 6.03 Å². The average Bonchev–Trinajstić information content (AvgIpc) is 2.28. The van der Waals surface area contributed by atoms with E-state index in [0.717, 1.165) is 6.42 Å². The Balaban J connectivity index is 2.75. The van der Waals surface area contributed by atoms with E-state index in [0.29, 0.717) is 23.4 Å². The monoisotopic (exact) mass is 234 g/mol. The van der Waals surface area contributed by atoms with Crippen LogP contribution in [0.4, 0.5) is 10.6 Å². The zero-order chi connectivity index (χ0) is 12.8. The fraction of sp³-hybridized carbons (Fsp3) is 0.300. The lowest BCUT2D eigenvalue weighted by atomic mass is 9.92. The Morgan fingerprint density at radius 2 is 2.24 bits per heavy atom. The van der Waals surface area contributed by atoms with Crippen LogP contribution >= 0.6 is 0 Å². The summed E-state index contributed by atoms with van der Waals surface area (Å²) in [5.74, 6) is -0.236. The van der Waals surface area contributed by atoms with E-state index in [1.165, 1.54) is 12.3 Å². The lowest BCUT2D eigenvalue weighted by Crippen LogP contribution is -2.30. The van der Waals surface area contributed by atoms with Gasteiger partial charge in [0.2, 0.25) is 5.91 Å². The molecule has 0 saturated heterocycles. The van der Waals surface area contributed by atoms with E-state index in [1.807, 2.05) is 6.92 Å². The minimum Gasteiger partial charge on any atom is -0.366 e. The second kappa shape index (κ2) is 5.88. The molecular formula is C10H15BN4O2. The van der Waals surface area contributed by atoms with Gasteiger partial charge in [0.15, 0.2) is 0 Å².